The molecule has 0 amide bonds. The van der Waals surface area contributed by atoms with Crippen LogP contribution in [0, 0.1) is 15.5 Å². The molecule has 3 rings (SSSR count). The molecular formula is C21H28N4O4. The van der Waals surface area contributed by atoms with Gasteiger partial charge in [-0.25, -0.2) is 0 Å². The molecule has 2 heterocycles. The molecule has 8 heteroatoms. The number of nitrogens with zero attached hydrogens (tertiary/aromatic N) is 2. The summed E-state index contributed by atoms with van der Waals surface area (Å²) in [6.07, 6.45) is 5.92. The zero-order valence-corrected chi connectivity index (χ0v) is 16.9. The number of ketones is 1. The van der Waals surface area contributed by atoms with E-state index in [0.717, 1.165) is 18.5 Å². The molecule has 0 bridgehead atoms. The van der Waals surface area contributed by atoms with Crippen LogP contribution in [0.3, 0.4) is 0 Å². The van der Waals surface area contributed by atoms with Gasteiger partial charge in [0, 0.05) is 36.6 Å². The molecule has 1 aliphatic heterocycles. The number of nitrogens with one attached hydrogen (secondary N) is 1. The Balaban J connectivity index is 2.15. The normalized spacial score (nSPS) is 24.8. The summed E-state index contributed by atoms with van der Waals surface area (Å²) in [6, 6.07) is 3.52. The number of allylic oxidation sites excluding steroid dienone is 2. The van der Waals surface area contributed by atoms with Crippen molar-refractivity contribution in [2.24, 2.45) is 11.1 Å². The summed E-state index contributed by atoms with van der Waals surface area (Å²) in [4.78, 5) is 29.0. The van der Waals surface area contributed by atoms with Crippen LogP contribution in [0.2, 0.25) is 0 Å². The highest BCUT2D eigenvalue weighted by Gasteiger charge is 2.44. The number of nitrogens with two attached hydrogens (primary N) is 1. The number of carbonyl (C=O) groups is 1. The average molecular weight is 400 g/mol. The van der Waals surface area contributed by atoms with Gasteiger partial charge < -0.3 is 15.8 Å². The maximum Gasteiger partial charge on any atom is 0.279 e. The molecule has 156 valence electrons. The quantitative estimate of drug-likeness (QED) is 0.410. The maximum atomic E-state index is 13.2. The fourth-order valence-corrected chi connectivity index (χ4v) is 4.09. The highest BCUT2D eigenvalue weighted by atomic mass is 16.6. The summed E-state index contributed by atoms with van der Waals surface area (Å²) >= 11 is 0. The van der Waals surface area contributed by atoms with Crippen molar-refractivity contribution in [1.29, 1.82) is 0 Å². The van der Waals surface area contributed by atoms with Gasteiger partial charge in [0.15, 0.2) is 5.78 Å². The van der Waals surface area contributed by atoms with Gasteiger partial charge in [0.2, 0.25) is 0 Å². The van der Waals surface area contributed by atoms with Crippen LogP contribution in [0.5, 0.6) is 0 Å². The van der Waals surface area contributed by atoms with E-state index in [1.807, 2.05) is 0 Å². The molecule has 0 radical (unpaired) electrons. The van der Waals surface area contributed by atoms with E-state index in [2.05, 4.69) is 24.1 Å². The minimum absolute atomic E-state index is 0.0398. The molecule has 8 nitrogen and oxygen atoms in total. The van der Waals surface area contributed by atoms with Gasteiger partial charge in [-0.15, -0.1) is 0 Å². The monoisotopic (exact) mass is 400 g/mol. The van der Waals surface area contributed by atoms with E-state index in [4.69, 9.17) is 10.5 Å². The van der Waals surface area contributed by atoms with E-state index in [0.29, 0.717) is 42.8 Å². The first kappa shape index (κ1) is 21.1. The number of rotatable bonds is 7. The molecule has 2 atom stereocenters. The summed E-state index contributed by atoms with van der Waals surface area (Å²) in [5.41, 5.74) is 7.67. The third kappa shape index (κ3) is 4.38. The Morgan fingerprint density at radius 3 is 2.90 bits per heavy atom. The number of pyridine rings is 1. The third-order valence-electron chi connectivity index (χ3n) is 5.93. The zero-order chi connectivity index (χ0) is 21.0. The van der Waals surface area contributed by atoms with Crippen LogP contribution >= 0.6 is 0 Å². The lowest BCUT2D eigenvalue weighted by atomic mass is 9.78. The molecule has 0 saturated carbocycles. The Hall–Kier alpha value is -2.58. The van der Waals surface area contributed by atoms with Gasteiger partial charge in [-0.1, -0.05) is 26.3 Å². The first-order chi connectivity index (χ1) is 13.9. The Morgan fingerprint density at radius 2 is 2.28 bits per heavy atom. The molecule has 29 heavy (non-hydrogen) atoms. The Morgan fingerprint density at radius 1 is 1.48 bits per heavy atom. The Bertz CT molecular complexity index is 849. The lowest BCUT2D eigenvalue weighted by Gasteiger charge is -2.32. The van der Waals surface area contributed by atoms with E-state index in [9.17, 15) is 14.9 Å². The summed E-state index contributed by atoms with van der Waals surface area (Å²) in [6.45, 7) is 4.94. The van der Waals surface area contributed by atoms with E-state index >= 15 is 0 Å². The van der Waals surface area contributed by atoms with Gasteiger partial charge in [0.05, 0.1) is 18.1 Å². The molecule has 2 aliphatic rings. The predicted molar refractivity (Wildman–Crippen MR) is 108 cm³/mol. The second-order valence-corrected chi connectivity index (χ2v) is 7.96. The van der Waals surface area contributed by atoms with Gasteiger partial charge >= 0.3 is 0 Å². The van der Waals surface area contributed by atoms with Crippen molar-refractivity contribution in [2.75, 3.05) is 19.8 Å². The number of ether oxygens (including phenoxy) is 1. The number of carbonyl (C=O) groups excluding carboxylic acids is 1. The number of aromatic nitrogens is 1. The van der Waals surface area contributed by atoms with Crippen molar-refractivity contribution in [3.8, 4) is 0 Å². The lowest BCUT2D eigenvalue weighted by molar-refractivity contribution is -0.431. The summed E-state index contributed by atoms with van der Waals surface area (Å²) in [5.74, 6) is -0.807. The summed E-state index contributed by atoms with van der Waals surface area (Å²) in [7, 11) is 0. The van der Waals surface area contributed by atoms with Gasteiger partial charge in [-0.3, -0.25) is 19.9 Å². The standard InChI is InChI=1S/C21H28N4O4/c1-3-21(2)7-6-17(26)19-15(11-21)24-16(13-29-10-8-22)20(25(27)28)18(19)14-5-4-9-23-12-14/h4-5,9,12,18,24H,3,6-8,10-11,13,22H2,1-2H3. The molecule has 1 aromatic rings. The first-order valence-electron chi connectivity index (χ1n) is 9.98. The smallest absolute Gasteiger partial charge is 0.279 e. The van der Waals surface area contributed by atoms with E-state index in [1.54, 1.807) is 24.5 Å². The van der Waals surface area contributed by atoms with E-state index in [1.165, 1.54) is 0 Å². The van der Waals surface area contributed by atoms with Crippen molar-refractivity contribution < 1.29 is 14.5 Å². The van der Waals surface area contributed by atoms with Crippen LogP contribution in [0.1, 0.15) is 51.0 Å². The van der Waals surface area contributed by atoms with Gasteiger partial charge in [0.25, 0.3) is 5.70 Å². The second kappa shape index (κ2) is 8.84. The topological polar surface area (TPSA) is 120 Å². The molecule has 0 spiro atoms. The summed E-state index contributed by atoms with van der Waals surface area (Å²) in [5, 5.41) is 15.3. The molecule has 1 aromatic heterocycles. The largest absolute Gasteiger partial charge is 0.374 e. The van der Waals surface area contributed by atoms with Crippen LogP contribution < -0.4 is 11.1 Å². The molecular weight excluding hydrogens is 372 g/mol. The van der Waals surface area contributed by atoms with Gasteiger partial charge in [-0.05, 0) is 29.9 Å². The maximum absolute atomic E-state index is 13.2. The van der Waals surface area contributed by atoms with Crippen molar-refractivity contribution in [1.82, 2.24) is 10.3 Å². The number of hydrogen-bond acceptors (Lipinski definition) is 7. The summed E-state index contributed by atoms with van der Waals surface area (Å²) < 4.78 is 5.53. The molecule has 0 aromatic carbocycles. The highest BCUT2D eigenvalue weighted by molar-refractivity contribution is 5.99. The number of hydrogen-bond donors (Lipinski definition) is 2. The van der Waals surface area contributed by atoms with Crippen molar-refractivity contribution >= 4 is 5.78 Å². The first-order valence-corrected chi connectivity index (χ1v) is 9.98. The fraction of sp³-hybridized carbons (Fsp3) is 0.524. The van der Waals surface area contributed by atoms with Crippen LogP contribution in [-0.2, 0) is 9.53 Å². The minimum Gasteiger partial charge on any atom is -0.374 e. The van der Waals surface area contributed by atoms with Crippen molar-refractivity contribution in [2.45, 2.75) is 45.4 Å². The van der Waals surface area contributed by atoms with E-state index < -0.39 is 10.8 Å². The van der Waals surface area contributed by atoms with Crippen LogP contribution in [0.4, 0.5) is 0 Å². The van der Waals surface area contributed by atoms with Gasteiger partial charge in [0.1, 0.15) is 11.6 Å². The van der Waals surface area contributed by atoms with Crippen LogP contribution in [0.15, 0.2) is 47.2 Å². The van der Waals surface area contributed by atoms with Crippen molar-refractivity contribution in [3.63, 3.8) is 0 Å². The third-order valence-corrected chi connectivity index (χ3v) is 5.93. The number of dihydropyridines is 1. The highest BCUT2D eigenvalue weighted by Crippen LogP contribution is 2.46. The van der Waals surface area contributed by atoms with Crippen LogP contribution in [-0.4, -0.2) is 35.4 Å². The second-order valence-electron chi connectivity index (χ2n) is 7.96. The SMILES string of the molecule is CCC1(C)CCC(=O)C2=C(C1)NC(COCCN)=C([N+](=O)[O-])C2c1cccnc1. The minimum atomic E-state index is -0.766. The Kier molecular flexibility index (Phi) is 6.44. The van der Waals surface area contributed by atoms with Gasteiger partial charge in [-0.2, -0.15) is 0 Å². The van der Waals surface area contributed by atoms with Crippen molar-refractivity contribution in [3.05, 3.63) is 62.9 Å². The Labute approximate surface area is 170 Å². The molecule has 0 fully saturated rings. The number of nitro groups is 1. The lowest BCUT2D eigenvalue weighted by Crippen LogP contribution is -2.35. The average Bonchev–Trinajstić information content (AvgIpc) is 2.84. The van der Waals surface area contributed by atoms with E-state index in [-0.39, 0.29) is 23.5 Å². The predicted octanol–water partition coefficient (Wildman–Crippen LogP) is 2.66. The fourth-order valence-electron chi connectivity index (χ4n) is 4.09. The molecule has 3 N–H and O–H groups in total. The number of Topliss-reactive ketones (excluding diaryl/α,β-unsaturated/α-hetero) is 1. The van der Waals surface area contributed by atoms with Crippen LogP contribution in [0.25, 0.3) is 0 Å². The molecule has 0 saturated heterocycles. The zero-order valence-electron chi connectivity index (χ0n) is 16.9. The molecule has 1 aliphatic carbocycles. The molecule has 2 unspecified atom stereocenters.